The number of likely N-dealkylation sites (N-methyl/N-ethyl adjacent to an activating group) is 1. The van der Waals surface area contributed by atoms with Crippen LogP contribution in [0.3, 0.4) is 0 Å². The molecule has 7 heteroatoms. The molecule has 0 unspecified atom stereocenters. The molecule has 1 amide bonds. The van der Waals surface area contributed by atoms with Gasteiger partial charge < -0.3 is 9.80 Å². The van der Waals surface area contributed by atoms with Gasteiger partial charge in [0.1, 0.15) is 10.0 Å². The average molecular weight is 433 g/mol. The van der Waals surface area contributed by atoms with Gasteiger partial charge in [-0.1, -0.05) is 47.7 Å². The summed E-state index contributed by atoms with van der Waals surface area (Å²) in [6.45, 7) is 5.33. The van der Waals surface area contributed by atoms with Crippen LogP contribution in [0.25, 0.3) is 12.2 Å². The summed E-state index contributed by atoms with van der Waals surface area (Å²) in [7, 11) is 2.14. The van der Waals surface area contributed by atoms with Crippen LogP contribution in [0.5, 0.6) is 0 Å². The van der Waals surface area contributed by atoms with Crippen molar-refractivity contribution in [3.63, 3.8) is 0 Å². The van der Waals surface area contributed by atoms with Crippen molar-refractivity contribution < 1.29 is 4.79 Å². The highest BCUT2D eigenvalue weighted by atomic mass is 35.5. The Morgan fingerprint density at radius 1 is 1.07 bits per heavy atom. The number of hydrogen-bond acceptors (Lipinski definition) is 5. The van der Waals surface area contributed by atoms with Crippen molar-refractivity contribution in [1.29, 1.82) is 0 Å². The normalized spacial score (nSPS) is 18.3. The Bertz CT molecular complexity index is 831. The van der Waals surface area contributed by atoms with Gasteiger partial charge in [-0.25, -0.2) is 4.98 Å². The third kappa shape index (κ3) is 5.66. The molecule has 1 fully saturated rings. The number of thiazole rings is 1. The molecule has 1 aromatic heterocycles. The molecule has 156 valence electrons. The molecule has 4 rings (SSSR count). The molecule has 0 bridgehead atoms. The Labute approximate surface area is 183 Å². The molecule has 0 spiro atoms. The van der Waals surface area contributed by atoms with Gasteiger partial charge in [-0.05, 0) is 37.9 Å². The lowest BCUT2D eigenvalue weighted by atomic mass is 10.2. The van der Waals surface area contributed by atoms with Crippen LogP contribution in [0.2, 0.25) is 0 Å². The molecule has 2 aliphatic rings. The van der Waals surface area contributed by atoms with Crippen LogP contribution in [0.1, 0.15) is 29.1 Å². The predicted molar refractivity (Wildman–Crippen MR) is 124 cm³/mol. The van der Waals surface area contributed by atoms with Gasteiger partial charge in [0, 0.05) is 32.7 Å². The van der Waals surface area contributed by atoms with E-state index in [-0.39, 0.29) is 18.3 Å². The van der Waals surface area contributed by atoms with Crippen molar-refractivity contribution >= 4 is 46.8 Å². The first-order chi connectivity index (χ1) is 13.7. The lowest BCUT2D eigenvalue weighted by Gasteiger charge is -2.33. The molecule has 0 aliphatic carbocycles. The molecule has 0 N–H and O–H groups in total. The number of nitrogens with zero attached hydrogens (tertiary/aromatic N) is 4. The minimum atomic E-state index is 0. The fraction of sp³-hybridized carbons (Fsp3) is 0.455. The van der Waals surface area contributed by atoms with Gasteiger partial charge in [-0.2, -0.15) is 0 Å². The standard InChI is InChI=1S/C22H28N4OS.ClH/c1-24-13-15-25(16-14-24)17-21(27)26-12-6-5-9-19-22(26)28-20(23-19)11-10-18-7-3-2-4-8-18;/h2-4,7-8,10-11H,5-6,9,12-17H2,1H3;1H. The maximum atomic E-state index is 13.1. The third-order valence-electron chi connectivity index (χ3n) is 5.46. The molecule has 0 radical (unpaired) electrons. The largest absolute Gasteiger partial charge is 0.304 e. The van der Waals surface area contributed by atoms with E-state index in [4.69, 9.17) is 4.98 Å². The zero-order valence-corrected chi connectivity index (χ0v) is 18.6. The van der Waals surface area contributed by atoms with E-state index in [1.54, 1.807) is 11.3 Å². The van der Waals surface area contributed by atoms with Gasteiger partial charge in [-0.15, -0.1) is 12.4 Å². The van der Waals surface area contributed by atoms with Crippen LogP contribution < -0.4 is 4.90 Å². The molecule has 0 saturated carbocycles. The fourth-order valence-electron chi connectivity index (χ4n) is 3.72. The van der Waals surface area contributed by atoms with Gasteiger partial charge in [0.15, 0.2) is 0 Å². The van der Waals surface area contributed by atoms with E-state index < -0.39 is 0 Å². The number of rotatable bonds is 4. The van der Waals surface area contributed by atoms with Crippen molar-refractivity contribution in [2.75, 3.05) is 51.2 Å². The number of piperazine rings is 1. The van der Waals surface area contributed by atoms with E-state index in [0.717, 1.165) is 73.3 Å². The van der Waals surface area contributed by atoms with E-state index in [2.05, 4.69) is 41.1 Å². The summed E-state index contributed by atoms with van der Waals surface area (Å²) in [6.07, 6.45) is 7.26. The Kier molecular flexibility index (Phi) is 7.84. The maximum absolute atomic E-state index is 13.1. The molecule has 2 aromatic rings. The molecule has 2 aliphatic heterocycles. The lowest BCUT2D eigenvalue weighted by molar-refractivity contribution is -0.120. The van der Waals surface area contributed by atoms with Gasteiger partial charge in [0.2, 0.25) is 5.91 Å². The number of anilines is 1. The third-order valence-corrected chi connectivity index (χ3v) is 6.54. The molecular formula is C22H29ClN4OS. The van der Waals surface area contributed by atoms with Crippen LogP contribution in [0, 0.1) is 0 Å². The Morgan fingerprint density at radius 2 is 1.83 bits per heavy atom. The number of amides is 1. The second-order valence-corrected chi connectivity index (χ2v) is 8.64. The zero-order chi connectivity index (χ0) is 19.3. The fourth-order valence-corrected chi connectivity index (χ4v) is 4.78. The highest BCUT2D eigenvalue weighted by Crippen LogP contribution is 2.33. The number of aromatic nitrogens is 1. The minimum absolute atomic E-state index is 0. The van der Waals surface area contributed by atoms with E-state index in [0.29, 0.717) is 6.54 Å². The number of carbonyl (C=O) groups excluding carboxylic acids is 1. The van der Waals surface area contributed by atoms with Crippen LogP contribution in [0.15, 0.2) is 30.3 Å². The maximum Gasteiger partial charge on any atom is 0.241 e. The smallest absolute Gasteiger partial charge is 0.241 e. The Hall–Kier alpha value is -1.73. The van der Waals surface area contributed by atoms with Crippen molar-refractivity contribution in [3.8, 4) is 0 Å². The highest BCUT2D eigenvalue weighted by molar-refractivity contribution is 7.17. The minimum Gasteiger partial charge on any atom is -0.304 e. The van der Waals surface area contributed by atoms with Crippen molar-refractivity contribution in [2.24, 2.45) is 0 Å². The van der Waals surface area contributed by atoms with Crippen LogP contribution in [0.4, 0.5) is 5.00 Å². The van der Waals surface area contributed by atoms with Crippen LogP contribution >= 0.6 is 23.7 Å². The zero-order valence-electron chi connectivity index (χ0n) is 16.9. The van der Waals surface area contributed by atoms with E-state index in [1.807, 2.05) is 23.1 Å². The quantitative estimate of drug-likeness (QED) is 0.739. The first kappa shape index (κ1) is 22.0. The molecule has 0 atom stereocenters. The summed E-state index contributed by atoms with van der Waals surface area (Å²) in [5, 5.41) is 2.04. The molecular weight excluding hydrogens is 404 g/mol. The SMILES string of the molecule is CN1CCN(CC(=O)N2CCCCc3nc(C=Cc4ccccc4)sc32)CC1.Cl. The topological polar surface area (TPSA) is 39.7 Å². The molecule has 1 saturated heterocycles. The Balaban J connectivity index is 0.00000240. The summed E-state index contributed by atoms with van der Waals surface area (Å²) in [6, 6.07) is 10.3. The summed E-state index contributed by atoms with van der Waals surface area (Å²) in [4.78, 5) is 24.5. The van der Waals surface area contributed by atoms with E-state index >= 15 is 0 Å². The van der Waals surface area contributed by atoms with Crippen molar-refractivity contribution in [2.45, 2.75) is 19.3 Å². The van der Waals surface area contributed by atoms with Crippen molar-refractivity contribution in [1.82, 2.24) is 14.8 Å². The van der Waals surface area contributed by atoms with Gasteiger partial charge in [-0.3, -0.25) is 9.69 Å². The number of aryl methyl sites for hydroxylation is 1. The molecule has 5 nitrogen and oxygen atoms in total. The Morgan fingerprint density at radius 3 is 2.59 bits per heavy atom. The number of carbonyl (C=O) groups is 1. The van der Waals surface area contributed by atoms with Crippen molar-refractivity contribution in [3.05, 3.63) is 46.6 Å². The van der Waals surface area contributed by atoms with Crippen LogP contribution in [-0.2, 0) is 11.2 Å². The monoisotopic (exact) mass is 432 g/mol. The van der Waals surface area contributed by atoms with Crippen LogP contribution in [-0.4, -0.2) is 67.0 Å². The number of halogens is 1. The van der Waals surface area contributed by atoms with Gasteiger partial charge >= 0.3 is 0 Å². The average Bonchev–Trinajstić information content (AvgIpc) is 3.01. The van der Waals surface area contributed by atoms with Gasteiger partial charge in [0.05, 0.1) is 12.2 Å². The molecule has 29 heavy (non-hydrogen) atoms. The lowest BCUT2D eigenvalue weighted by Crippen LogP contribution is -2.49. The number of fused-ring (bicyclic) bond motifs is 1. The number of hydrogen-bond donors (Lipinski definition) is 0. The second kappa shape index (κ2) is 10.3. The number of benzene rings is 1. The predicted octanol–water partition coefficient (Wildman–Crippen LogP) is 3.65. The van der Waals surface area contributed by atoms with E-state index in [9.17, 15) is 4.79 Å². The summed E-state index contributed by atoms with van der Waals surface area (Å²) in [5.41, 5.74) is 2.25. The second-order valence-electron chi connectivity index (χ2n) is 7.63. The van der Waals surface area contributed by atoms with E-state index in [1.165, 1.54) is 0 Å². The first-order valence-corrected chi connectivity index (χ1v) is 10.9. The summed E-state index contributed by atoms with van der Waals surface area (Å²) < 4.78 is 0. The summed E-state index contributed by atoms with van der Waals surface area (Å²) >= 11 is 1.65. The molecule has 3 heterocycles. The molecule has 1 aromatic carbocycles. The van der Waals surface area contributed by atoms with Gasteiger partial charge in [0.25, 0.3) is 0 Å². The first-order valence-electron chi connectivity index (χ1n) is 10.1. The summed E-state index contributed by atoms with van der Waals surface area (Å²) in [5.74, 6) is 0.218. The highest BCUT2D eigenvalue weighted by Gasteiger charge is 2.26.